The molecule has 0 spiro atoms. The molecule has 0 fully saturated rings. The highest BCUT2D eigenvalue weighted by Gasteiger charge is 2.25. The number of hydrogen-bond donors (Lipinski definition) is 2. The highest BCUT2D eigenvalue weighted by molar-refractivity contribution is 5.77. The number of rotatable bonds is 7. The Morgan fingerprint density at radius 3 is 2.70 bits per heavy atom. The minimum atomic E-state index is -4.14. The van der Waals surface area contributed by atoms with Gasteiger partial charge in [0.1, 0.15) is 5.75 Å². The van der Waals surface area contributed by atoms with Crippen molar-refractivity contribution in [2.24, 2.45) is 0 Å². The number of nitrogens with one attached hydrogen (secondary N) is 1. The third kappa shape index (κ3) is 7.50. The summed E-state index contributed by atoms with van der Waals surface area (Å²) in [4.78, 5) is 11.4. The molecule has 1 aromatic rings. The molecule has 0 saturated heterocycles. The summed E-state index contributed by atoms with van der Waals surface area (Å²) in [6.07, 6.45) is -4.69. The maximum atomic E-state index is 11.9. The van der Waals surface area contributed by atoms with Crippen LogP contribution in [0.25, 0.3) is 0 Å². The van der Waals surface area contributed by atoms with Crippen LogP contribution >= 0.6 is 0 Å². The van der Waals surface area contributed by atoms with Crippen LogP contribution in [0.1, 0.15) is 19.3 Å². The van der Waals surface area contributed by atoms with Gasteiger partial charge in [0.15, 0.2) is 6.61 Å². The van der Waals surface area contributed by atoms with Crippen LogP contribution in [-0.4, -0.2) is 25.2 Å². The van der Waals surface area contributed by atoms with Crippen LogP contribution < -0.4 is 15.8 Å². The van der Waals surface area contributed by atoms with Gasteiger partial charge in [0.2, 0.25) is 0 Å². The molecule has 1 rings (SSSR count). The number of carbonyl (C=O) groups is 1. The van der Waals surface area contributed by atoms with Crippen LogP contribution in [-0.2, 0) is 4.79 Å². The van der Waals surface area contributed by atoms with E-state index in [1.807, 2.05) is 0 Å². The molecular formula is C13H17F3N2O2. The predicted octanol–water partition coefficient (Wildman–Crippen LogP) is 2.50. The molecule has 0 unspecified atom stereocenters. The van der Waals surface area contributed by atoms with E-state index in [9.17, 15) is 18.0 Å². The number of hydrogen-bond acceptors (Lipinski definition) is 3. The lowest BCUT2D eigenvalue weighted by Crippen LogP contribution is -2.29. The molecule has 0 aliphatic heterocycles. The molecule has 1 amide bonds. The van der Waals surface area contributed by atoms with E-state index >= 15 is 0 Å². The average molecular weight is 290 g/mol. The molecule has 0 radical (unpaired) electrons. The maximum Gasteiger partial charge on any atom is 0.389 e. The molecule has 0 bridgehead atoms. The van der Waals surface area contributed by atoms with Gasteiger partial charge in [-0.05, 0) is 25.0 Å². The van der Waals surface area contributed by atoms with Gasteiger partial charge in [0.05, 0.1) is 0 Å². The Morgan fingerprint density at radius 1 is 1.30 bits per heavy atom. The van der Waals surface area contributed by atoms with Gasteiger partial charge in [0, 0.05) is 24.7 Å². The van der Waals surface area contributed by atoms with E-state index in [4.69, 9.17) is 10.5 Å². The molecule has 0 saturated carbocycles. The van der Waals surface area contributed by atoms with E-state index in [1.165, 1.54) is 0 Å². The molecule has 0 atom stereocenters. The molecule has 7 heteroatoms. The van der Waals surface area contributed by atoms with E-state index in [1.54, 1.807) is 24.3 Å². The van der Waals surface area contributed by atoms with E-state index in [0.717, 1.165) is 0 Å². The largest absolute Gasteiger partial charge is 0.484 e. The molecule has 112 valence electrons. The molecule has 3 N–H and O–H groups in total. The molecule has 0 aromatic heterocycles. The normalized spacial score (nSPS) is 11.2. The summed E-state index contributed by atoms with van der Waals surface area (Å²) in [5.41, 5.74) is 6.06. The summed E-state index contributed by atoms with van der Waals surface area (Å²) in [6.45, 7) is 0.0118. The number of amides is 1. The van der Waals surface area contributed by atoms with E-state index in [-0.39, 0.29) is 31.9 Å². The zero-order valence-corrected chi connectivity index (χ0v) is 10.9. The first-order valence-electron chi connectivity index (χ1n) is 6.18. The van der Waals surface area contributed by atoms with Gasteiger partial charge < -0.3 is 15.8 Å². The van der Waals surface area contributed by atoms with Crippen LogP contribution in [0.5, 0.6) is 5.75 Å². The number of unbranched alkanes of at least 4 members (excludes halogenated alkanes) is 1. The quantitative estimate of drug-likeness (QED) is 0.599. The van der Waals surface area contributed by atoms with Crippen LogP contribution in [0.3, 0.4) is 0 Å². The number of halogens is 3. The van der Waals surface area contributed by atoms with Crippen LogP contribution in [0.15, 0.2) is 24.3 Å². The third-order valence-corrected chi connectivity index (χ3v) is 2.44. The second-order valence-electron chi connectivity index (χ2n) is 4.28. The number of benzene rings is 1. The van der Waals surface area contributed by atoms with Gasteiger partial charge in [0.25, 0.3) is 5.91 Å². The molecule has 1 aromatic carbocycles. The molecular weight excluding hydrogens is 273 g/mol. The van der Waals surface area contributed by atoms with Crippen molar-refractivity contribution in [1.82, 2.24) is 5.32 Å². The summed E-state index contributed by atoms with van der Waals surface area (Å²) < 4.78 is 40.8. The molecule has 0 aliphatic carbocycles. The highest BCUT2D eigenvalue weighted by atomic mass is 19.4. The topological polar surface area (TPSA) is 64.3 Å². The van der Waals surface area contributed by atoms with Gasteiger partial charge >= 0.3 is 6.18 Å². The van der Waals surface area contributed by atoms with Crippen molar-refractivity contribution in [2.45, 2.75) is 25.4 Å². The number of nitrogen functional groups attached to an aromatic ring is 1. The van der Waals surface area contributed by atoms with Crippen LogP contribution in [0, 0.1) is 0 Å². The monoisotopic (exact) mass is 290 g/mol. The fraction of sp³-hybridized carbons (Fsp3) is 0.462. The van der Waals surface area contributed by atoms with Crippen molar-refractivity contribution in [3.05, 3.63) is 24.3 Å². The minimum Gasteiger partial charge on any atom is -0.484 e. The summed E-state index contributed by atoms with van der Waals surface area (Å²) >= 11 is 0. The second kappa shape index (κ2) is 7.62. The zero-order chi connectivity index (χ0) is 15.0. The fourth-order valence-electron chi connectivity index (χ4n) is 1.48. The Hall–Kier alpha value is -1.92. The highest BCUT2D eigenvalue weighted by Crippen LogP contribution is 2.21. The predicted molar refractivity (Wildman–Crippen MR) is 69.3 cm³/mol. The number of ether oxygens (including phenoxy) is 1. The van der Waals surface area contributed by atoms with Crippen molar-refractivity contribution in [1.29, 1.82) is 0 Å². The van der Waals surface area contributed by atoms with Gasteiger partial charge in [-0.25, -0.2) is 0 Å². The summed E-state index contributed by atoms with van der Waals surface area (Å²) in [5, 5.41) is 2.49. The first kappa shape index (κ1) is 16.1. The lowest BCUT2D eigenvalue weighted by atomic mass is 10.2. The van der Waals surface area contributed by atoms with Crippen molar-refractivity contribution in [2.75, 3.05) is 18.9 Å². The van der Waals surface area contributed by atoms with Crippen LogP contribution in [0.2, 0.25) is 0 Å². The number of carbonyl (C=O) groups excluding carboxylic acids is 1. The lowest BCUT2D eigenvalue weighted by Gasteiger charge is -2.08. The standard InChI is InChI=1S/C13H17F3N2O2/c14-13(15,16)6-1-2-7-18-12(19)9-20-11-5-3-4-10(17)8-11/h3-5,8H,1-2,6-7,9,17H2,(H,18,19). The molecule has 0 aliphatic rings. The van der Waals surface area contributed by atoms with Gasteiger partial charge in [-0.1, -0.05) is 6.07 Å². The first-order valence-corrected chi connectivity index (χ1v) is 6.18. The first-order chi connectivity index (χ1) is 9.37. The molecule has 4 nitrogen and oxygen atoms in total. The fourth-order valence-corrected chi connectivity index (χ4v) is 1.48. The van der Waals surface area contributed by atoms with Crippen molar-refractivity contribution >= 4 is 11.6 Å². The Bertz CT molecular complexity index is 436. The SMILES string of the molecule is Nc1cccc(OCC(=O)NCCCCC(F)(F)F)c1. The van der Waals surface area contributed by atoms with Crippen molar-refractivity contribution in [3.63, 3.8) is 0 Å². The summed E-state index contributed by atoms with van der Waals surface area (Å²) in [5.74, 6) is 0.0941. The zero-order valence-electron chi connectivity index (χ0n) is 10.9. The smallest absolute Gasteiger partial charge is 0.389 e. The van der Waals surface area contributed by atoms with Gasteiger partial charge in [-0.3, -0.25) is 4.79 Å². The van der Waals surface area contributed by atoms with Crippen molar-refractivity contribution < 1.29 is 22.7 Å². The average Bonchev–Trinajstić information content (AvgIpc) is 2.35. The van der Waals surface area contributed by atoms with E-state index in [0.29, 0.717) is 11.4 Å². The lowest BCUT2D eigenvalue weighted by molar-refractivity contribution is -0.135. The second-order valence-corrected chi connectivity index (χ2v) is 4.28. The van der Waals surface area contributed by atoms with Gasteiger partial charge in [-0.15, -0.1) is 0 Å². The Balaban J connectivity index is 2.12. The van der Waals surface area contributed by atoms with Gasteiger partial charge in [-0.2, -0.15) is 13.2 Å². The third-order valence-electron chi connectivity index (χ3n) is 2.44. The van der Waals surface area contributed by atoms with E-state index < -0.39 is 12.6 Å². The number of anilines is 1. The Labute approximate surface area is 115 Å². The molecule has 20 heavy (non-hydrogen) atoms. The van der Waals surface area contributed by atoms with Crippen LogP contribution in [0.4, 0.5) is 18.9 Å². The Morgan fingerprint density at radius 2 is 2.05 bits per heavy atom. The number of alkyl halides is 3. The maximum absolute atomic E-state index is 11.9. The summed E-state index contributed by atoms with van der Waals surface area (Å²) in [7, 11) is 0. The minimum absolute atomic E-state index is 0.000143. The van der Waals surface area contributed by atoms with Crippen molar-refractivity contribution in [3.8, 4) is 5.75 Å². The Kier molecular flexibility index (Phi) is 6.14. The number of nitrogens with two attached hydrogens (primary N) is 1. The van der Waals surface area contributed by atoms with E-state index in [2.05, 4.69) is 5.32 Å². The summed E-state index contributed by atoms with van der Waals surface area (Å²) in [6, 6.07) is 6.62. The molecule has 0 heterocycles.